The van der Waals surface area contributed by atoms with Crippen LogP contribution >= 0.6 is 0 Å². The minimum atomic E-state index is 0.327. The van der Waals surface area contributed by atoms with Gasteiger partial charge in [0, 0.05) is 44.8 Å². The first-order chi connectivity index (χ1) is 13.2. The van der Waals surface area contributed by atoms with Crippen molar-refractivity contribution in [2.75, 3.05) is 43.2 Å². The van der Waals surface area contributed by atoms with Crippen LogP contribution in [0.2, 0.25) is 0 Å². The first-order valence-corrected chi connectivity index (χ1v) is 9.71. The summed E-state index contributed by atoms with van der Waals surface area (Å²) in [5, 5.41) is 3.49. The van der Waals surface area contributed by atoms with Gasteiger partial charge in [-0.15, -0.1) is 0 Å². The van der Waals surface area contributed by atoms with Gasteiger partial charge in [-0.1, -0.05) is 6.07 Å². The van der Waals surface area contributed by atoms with Crippen LogP contribution in [0.25, 0.3) is 0 Å². The summed E-state index contributed by atoms with van der Waals surface area (Å²) in [7, 11) is 0. The smallest absolute Gasteiger partial charge is 0.231 e. The van der Waals surface area contributed by atoms with Gasteiger partial charge in [0.15, 0.2) is 11.5 Å². The molecule has 0 unspecified atom stereocenters. The van der Waals surface area contributed by atoms with Gasteiger partial charge < -0.3 is 19.7 Å². The Kier molecular flexibility index (Phi) is 4.24. The van der Waals surface area contributed by atoms with Crippen LogP contribution in [0.1, 0.15) is 24.2 Å². The zero-order chi connectivity index (χ0) is 18.2. The van der Waals surface area contributed by atoms with Crippen LogP contribution < -0.4 is 19.7 Å². The molecule has 1 aliphatic carbocycles. The Morgan fingerprint density at radius 3 is 2.67 bits per heavy atom. The predicted molar refractivity (Wildman–Crippen MR) is 103 cm³/mol. The molecule has 0 atom stereocenters. The van der Waals surface area contributed by atoms with Crippen molar-refractivity contribution in [3.05, 3.63) is 35.7 Å². The van der Waals surface area contributed by atoms with Gasteiger partial charge >= 0.3 is 0 Å². The molecular weight excluding hydrogens is 342 g/mol. The number of ether oxygens (including phenoxy) is 2. The van der Waals surface area contributed by atoms with Gasteiger partial charge in [0.2, 0.25) is 6.79 Å². The van der Waals surface area contributed by atoms with Crippen LogP contribution in [0.5, 0.6) is 11.5 Å². The van der Waals surface area contributed by atoms with E-state index in [-0.39, 0.29) is 0 Å². The molecular formula is C20H25N5O2. The van der Waals surface area contributed by atoms with E-state index in [1.54, 1.807) is 0 Å². The normalized spacial score (nSPS) is 19.4. The second kappa shape index (κ2) is 6.88. The highest BCUT2D eigenvalue weighted by Crippen LogP contribution is 2.33. The minimum absolute atomic E-state index is 0.327. The summed E-state index contributed by atoms with van der Waals surface area (Å²) in [6, 6.07) is 8.93. The summed E-state index contributed by atoms with van der Waals surface area (Å²) in [6.45, 7) is 7.21. The van der Waals surface area contributed by atoms with Crippen LogP contribution in [0, 0.1) is 6.92 Å². The Labute approximate surface area is 159 Å². The number of aromatic nitrogens is 2. The van der Waals surface area contributed by atoms with E-state index < -0.39 is 0 Å². The van der Waals surface area contributed by atoms with E-state index in [1.807, 2.05) is 13.0 Å². The molecule has 1 saturated heterocycles. The summed E-state index contributed by atoms with van der Waals surface area (Å²) in [6.07, 6.45) is 2.49. The van der Waals surface area contributed by atoms with E-state index in [9.17, 15) is 0 Å². The minimum Gasteiger partial charge on any atom is -0.454 e. The average Bonchev–Trinajstić information content (AvgIpc) is 3.35. The average molecular weight is 367 g/mol. The topological polar surface area (TPSA) is 62.8 Å². The van der Waals surface area contributed by atoms with Crippen molar-refractivity contribution in [2.24, 2.45) is 0 Å². The van der Waals surface area contributed by atoms with Gasteiger partial charge in [-0.05, 0) is 37.5 Å². The van der Waals surface area contributed by atoms with Crippen LogP contribution in [0.4, 0.5) is 11.6 Å². The Morgan fingerprint density at radius 2 is 1.85 bits per heavy atom. The highest BCUT2D eigenvalue weighted by atomic mass is 16.7. The number of hydrogen-bond acceptors (Lipinski definition) is 7. The summed E-state index contributed by atoms with van der Waals surface area (Å²) in [5.74, 6) is 4.53. The van der Waals surface area contributed by atoms with Crippen molar-refractivity contribution in [3.8, 4) is 11.5 Å². The number of hydrogen-bond donors (Lipinski definition) is 1. The Hall–Kier alpha value is -2.54. The molecule has 5 rings (SSSR count). The van der Waals surface area contributed by atoms with E-state index in [1.165, 1.54) is 18.4 Å². The molecule has 142 valence electrons. The third-order valence-electron chi connectivity index (χ3n) is 5.29. The van der Waals surface area contributed by atoms with Crippen LogP contribution in [-0.2, 0) is 6.54 Å². The van der Waals surface area contributed by atoms with Gasteiger partial charge in [0.1, 0.15) is 17.5 Å². The van der Waals surface area contributed by atoms with E-state index >= 15 is 0 Å². The molecule has 0 spiro atoms. The number of anilines is 2. The van der Waals surface area contributed by atoms with Gasteiger partial charge in [0.05, 0.1) is 0 Å². The van der Waals surface area contributed by atoms with Crippen molar-refractivity contribution in [3.63, 3.8) is 0 Å². The van der Waals surface area contributed by atoms with Crippen molar-refractivity contribution in [1.29, 1.82) is 0 Å². The van der Waals surface area contributed by atoms with Gasteiger partial charge in [0.25, 0.3) is 0 Å². The fourth-order valence-electron chi connectivity index (χ4n) is 3.66. The quantitative estimate of drug-likeness (QED) is 0.871. The molecule has 1 aromatic heterocycles. The second-order valence-electron chi connectivity index (χ2n) is 7.53. The molecule has 27 heavy (non-hydrogen) atoms. The van der Waals surface area contributed by atoms with E-state index in [0.717, 1.165) is 61.7 Å². The highest BCUT2D eigenvalue weighted by Gasteiger charge is 2.23. The molecule has 3 heterocycles. The van der Waals surface area contributed by atoms with Crippen LogP contribution in [0.3, 0.4) is 0 Å². The van der Waals surface area contributed by atoms with Crippen LogP contribution in [0.15, 0.2) is 24.3 Å². The highest BCUT2D eigenvalue weighted by molar-refractivity contribution is 5.51. The van der Waals surface area contributed by atoms with Gasteiger partial charge in [-0.25, -0.2) is 9.97 Å². The number of nitrogens with one attached hydrogen (secondary N) is 1. The standard InChI is InChI=1S/C20H25N5O2/c1-14-21-19(23-16-3-4-16)11-20(22-14)25-8-6-24(7-9-25)12-15-2-5-17-18(10-15)27-13-26-17/h2,5,10-11,16H,3-4,6-9,12-13H2,1H3,(H,21,22,23). The largest absolute Gasteiger partial charge is 0.454 e. The van der Waals surface area contributed by atoms with Crippen LogP contribution in [-0.4, -0.2) is 53.9 Å². The predicted octanol–water partition coefficient (Wildman–Crippen LogP) is 2.41. The van der Waals surface area contributed by atoms with Crippen molar-refractivity contribution >= 4 is 11.6 Å². The maximum atomic E-state index is 5.49. The number of fused-ring (bicyclic) bond motifs is 1. The molecule has 0 radical (unpaired) electrons. The Morgan fingerprint density at radius 1 is 1.04 bits per heavy atom. The molecule has 0 amide bonds. The summed E-state index contributed by atoms with van der Waals surface area (Å²) in [4.78, 5) is 14.0. The fraction of sp³-hybridized carbons (Fsp3) is 0.500. The molecule has 2 fully saturated rings. The lowest BCUT2D eigenvalue weighted by atomic mass is 10.1. The third kappa shape index (κ3) is 3.78. The zero-order valence-electron chi connectivity index (χ0n) is 15.6. The first kappa shape index (κ1) is 16.6. The molecule has 2 aliphatic heterocycles. The molecule has 7 heteroatoms. The number of aryl methyl sites for hydroxylation is 1. The number of benzene rings is 1. The van der Waals surface area contributed by atoms with Gasteiger partial charge in [-0.2, -0.15) is 0 Å². The summed E-state index contributed by atoms with van der Waals surface area (Å²) >= 11 is 0. The molecule has 1 saturated carbocycles. The SMILES string of the molecule is Cc1nc(NC2CC2)cc(N2CCN(Cc3ccc4c(c3)OCO4)CC2)n1. The maximum Gasteiger partial charge on any atom is 0.231 e. The lowest BCUT2D eigenvalue weighted by molar-refractivity contribution is 0.174. The van der Waals surface area contributed by atoms with Crippen molar-refractivity contribution < 1.29 is 9.47 Å². The maximum absolute atomic E-state index is 5.49. The molecule has 1 aromatic carbocycles. The monoisotopic (exact) mass is 367 g/mol. The Bertz CT molecular complexity index is 831. The summed E-state index contributed by atoms with van der Waals surface area (Å²) in [5.41, 5.74) is 1.27. The number of piperazine rings is 1. The number of rotatable bonds is 5. The first-order valence-electron chi connectivity index (χ1n) is 9.71. The second-order valence-corrected chi connectivity index (χ2v) is 7.53. The molecule has 1 N–H and O–H groups in total. The molecule has 7 nitrogen and oxygen atoms in total. The lowest BCUT2D eigenvalue weighted by Gasteiger charge is -2.35. The molecule has 0 bridgehead atoms. The van der Waals surface area contributed by atoms with Crippen molar-refractivity contribution in [2.45, 2.75) is 32.4 Å². The van der Waals surface area contributed by atoms with E-state index in [4.69, 9.17) is 9.47 Å². The molecule has 3 aliphatic rings. The Balaban J connectivity index is 1.20. The lowest BCUT2D eigenvalue weighted by Crippen LogP contribution is -2.46. The summed E-state index contributed by atoms with van der Waals surface area (Å²) < 4.78 is 10.9. The molecule has 2 aromatic rings. The zero-order valence-corrected chi connectivity index (χ0v) is 15.6. The number of nitrogens with zero attached hydrogens (tertiary/aromatic N) is 4. The third-order valence-corrected chi connectivity index (χ3v) is 5.29. The fourth-order valence-corrected chi connectivity index (χ4v) is 3.66. The van der Waals surface area contributed by atoms with E-state index in [0.29, 0.717) is 12.8 Å². The van der Waals surface area contributed by atoms with E-state index in [2.05, 4.69) is 43.3 Å². The van der Waals surface area contributed by atoms with Crippen molar-refractivity contribution in [1.82, 2.24) is 14.9 Å². The van der Waals surface area contributed by atoms with Gasteiger partial charge in [-0.3, -0.25) is 4.90 Å².